The van der Waals surface area contributed by atoms with Gasteiger partial charge in [0.25, 0.3) is 20.2 Å². The van der Waals surface area contributed by atoms with E-state index < -0.39 is 31.1 Å². The standard InChI is InChI=1S/C33H34Cl2O8S2/c1-32(2,3)19-41-44(37,38)26-15-22-9-13-25(17-27(22)30(18-26)45(39,40)42-20-33(4,5)6)43-24-11-7-21(8-12-24)31(36)28-16-23(34)10-14-29(28)35/h7-18H,19-20H2,1-6H3. The smallest absolute Gasteiger partial charge is 0.297 e. The van der Waals surface area contributed by atoms with Crippen molar-refractivity contribution in [1.82, 2.24) is 0 Å². The maximum atomic E-state index is 13.5. The lowest BCUT2D eigenvalue weighted by Gasteiger charge is -2.20. The van der Waals surface area contributed by atoms with E-state index in [1.54, 1.807) is 48.5 Å². The highest BCUT2D eigenvalue weighted by atomic mass is 35.5. The summed E-state index contributed by atoms with van der Waals surface area (Å²) in [4.78, 5) is 12.3. The minimum absolute atomic E-state index is 0.0979. The largest absolute Gasteiger partial charge is 0.457 e. The van der Waals surface area contributed by atoms with Gasteiger partial charge in [0, 0.05) is 21.5 Å². The van der Waals surface area contributed by atoms with Crippen molar-refractivity contribution in [2.45, 2.75) is 51.3 Å². The zero-order chi connectivity index (χ0) is 33.4. The van der Waals surface area contributed by atoms with Gasteiger partial charge in [-0.2, -0.15) is 16.8 Å². The van der Waals surface area contributed by atoms with Crippen LogP contribution >= 0.6 is 23.2 Å². The fraction of sp³-hybridized carbons (Fsp3) is 0.303. The number of hydrogen-bond donors (Lipinski definition) is 0. The van der Waals surface area contributed by atoms with Crippen LogP contribution in [0, 0.1) is 10.8 Å². The lowest BCUT2D eigenvalue weighted by atomic mass is 9.99. The predicted octanol–water partition coefficient (Wildman–Crippen LogP) is 8.67. The van der Waals surface area contributed by atoms with Gasteiger partial charge < -0.3 is 4.74 Å². The van der Waals surface area contributed by atoms with Gasteiger partial charge in [0.2, 0.25) is 0 Å². The zero-order valence-electron chi connectivity index (χ0n) is 25.7. The number of ketones is 1. The third kappa shape index (κ3) is 9.06. The van der Waals surface area contributed by atoms with Gasteiger partial charge in [0.1, 0.15) is 16.4 Å². The van der Waals surface area contributed by atoms with Crippen LogP contribution in [0.3, 0.4) is 0 Å². The van der Waals surface area contributed by atoms with E-state index in [9.17, 15) is 21.6 Å². The summed E-state index contributed by atoms with van der Waals surface area (Å²) in [5, 5.41) is 1.17. The average molecular weight is 694 g/mol. The highest BCUT2D eigenvalue weighted by Crippen LogP contribution is 2.35. The Bertz CT molecular complexity index is 1960. The normalized spacial score (nSPS) is 12.8. The first-order valence-corrected chi connectivity index (χ1v) is 17.5. The highest BCUT2D eigenvalue weighted by molar-refractivity contribution is 7.87. The Kier molecular flexibility index (Phi) is 10.1. The number of hydrogen-bond acceptors (Lipinski definition) is 8. The Balaban J connectivity index is 1.71. The van der Waals surface area contributed by atoms with Crippen LogP contribution in [-0.4, -0.2) is 35.8 Å². The topological polar surface area (TPSA) is 113 Å². The Morgan fingerprint density at radius 3 is 1.87 bits per heavy atom. The molecule has 8 nitrogen and oxygen atoms in total. The summed E-state index contributed by atoms with van der Waals surface area (Å²) in [5.74, 6) is 0.319. The van der Waals surface area contributed by atoms with Gasteiger partial charge in [-0.15, -0.1) is 0 Å². The molecule has 12 heteroatoms. The van der Waals surface area contributed by atoms with Crippen molar-refractivity contribution >= 4 is 60.0 Å². The summed E-state index contributed by atoms with van der Waals surface area (Å²) >= 11 is 12.2. The molecule has 0 aliphatic heterocycles. The first kappa shape index (κ1) is 34.9. The first-order valence-electron chi connectivity index (χ1n) is 13.9. The maximum absolute atomic E-state index is 13.5. The van der Waals surface area contributed by atoms with Crippen LogP contribution in [0.25, 0.3) is 10.8 Å². The fourth-order valence-electron chi connectivity index (χ4n) is 3.97. The molecule has 0 heterocycles. The van der Waals surface area contributed by atoms with Crippen molar-refractivity contribution in [2.75, 3.05) is 13.2 Å². The van der Waals surface area contributed by atoms with Crippen molar-refractivity contribution in [2.24, 2.45) is 10.8 Å². The Morgan fingerprint density at radius 1 is 0.689 bits per heavy atom. The summed E-state index contributed by atoms with van der Waals surface area (Å²) in [7, 11) is -8.72. The molecule has 240 valence electrons. The van der Waals surface area contributed by atoms with E-state index >= 15 is 0 Å². The summed E-state index contributed by atoms with van der Waals surface area (Å²) in [6.07, 6.45) is 0. The zero-order valence-corrected chi connectivity index (χ0v) is 28.8. The van der Waals surface area contributed by atoms with Gasteiger partial charge in [-0.25, -0.2) is 0 Å². The van der Waals surface area contributed by atoms with Crippen LogP contribution in [-0.2, 0) is 28.6 Å². The summed E-state index contributed by atoms with van der Waals surface area (Å²) in [5.41, 5.74) is -0.312. The molecule has 45 heavy (non-hydrogen) atoms. The third-order valence-corrected chi connectivity index (χ3v) is 9.35. The summed E-state index contributed by atoms with van der Waals surface area (Å²) < 4.78 is 69.8. The van der Waals surface area contributed by atoms with Crippen molar-refractivity contribution in [1.29, 1.82) is 0 Å². The molecule has 0 radical (unpaired) electrons. The predicted molar refractivity (Wildman–Crippen MR) is 176 cm³/mol. The molecule has 0 aliphatic carbocycles. The molecule has 4 aromatic rings. The quantitative estimate of drug-likeness (QED) is 0.120. The molecule has 0 saturated carbocycles. The van der Waals surface area contributed by atoms with Crippen molar-refractivity contribution in [3.8, 4) is 11.5 Å². The van der Waals surface area contributed by atoms with Crippen LogP contribution in [0.1, 0.15) is 57.5 Å². The monoisotopic (exact) mass is 692 g/mol. The Labute approximate surface area is 274 Å². The van der Waals surface area contributed by atoms with Gasteiger partial charge in [0.15, 0.2) is 5.78 Å². The lowest BCUT2D eigenvalue weighted by Crippen LogP contribution is -2.20. The fourth-order valence-corrected chi connectivity index (χ4v) is 6.95. The molecule has 0 saturated heterocycles. The summed E-state index contributed by atoms with van der Waals surface area (Å²) in [6.45, 7) is 10.7. The van der Waals surface area contributed by atoms with E-state index in [2.05, 4.69) is 0 Å². The van der Waals surface area contributed by atoms with Crippen molar-refractivity contribution in [3.63, 3.8) is 0 Å². The number of carbonyl (C=O) groups excluding carboxylic acids is 1. The number of fused-ring (bicyclic) bond motifs is 1. The molecule has 4 aromatic carbocycles. The van der Waals surface area contributed by atoms with Gasteiger partial charge in [-0.3, -0.25) is 13.2 Å². The van der Waals surface area contributed by atoms with Gasteiger partial charge in [0.05, 0.1) is 23.1 Å². The molecular weight excluding hydrogens is 659 g/mol. The Morgan fingerprint density at radius 2 is 1.27 bits per heavy atom. The number of rotatable bonds is 10. The minimum atomic E-state index is -4.42. The maximum Gasteiger partial charge on any atom is 0.297 e. The van der Waals surface area contributed by atoms with Crippen LogP contribution in [0.4, 0.5) is 0 Å². The van der Waals surface area contributed by atoms with Gasteiger partial charge in [-0.05, 0) is 82.9 Å². The van der Waals surface area contributed by atoms with E-state index in [0.29, 0.717) is 21.7 Å². The molecule has 0 unspecified atom stereocenters. The van der Waals surface area contributed by atoms with Crippen molar-refractivity contribution in [3.05, 3.63) is 94.0 Å². The Hall–Kier alpha value is -2.99. The number of benzene rings is 4. The molecule has 0 N–H and O–H groups in total. The molecule has 4 rings (SSSR count). The SMILES string of the molecule is CC(C)(C)COS(=O)(=O)c1cc(S(=O)(=O)OCC(C)(C)C)c2cc(Oc3ccc(C(=O)c4cc(Cl)ccc4Cl)cc3)ccc2c1. The second-order valence-corrected chi connectivity index (χ2v) is 17.0. The van der Waals surface area contributed by atoms with Gasteiger partial charge in [-0.1, -0.05) is 70.8 Å². The van der Waals surface area contributed by atoms with Gasteiger partial charge >= 0.3 is 0 Å². The summed E-state index contributed by atoms with van der Waals surface area (Å²) in [6, 6.07) is 18.0. The van der Waals surface area contributed by atoms with E-state index in [1.807, 2.05) is 41.5 Å². The van der Waals surface area contributed by atoms with Crippen LogP contribution in [0.2, 0.25) is 10.0 Å². The van der Waals surface area contributed by atoms with Crippen molar-refractivity contribution < 1.29 is 34.7 Å². The molecule has 0 aliphatic rings. The second-order valence-electron chi connectivity index (χ2n) is 12.9. The molecular formula is C33H34Cl2O8S2. The minimum Gasteiger partial charge on any atom is -0.457 e. The lowest BCUT2D eigenvalue weighted by molar-refractivity contribution is 0.103. The molecule has 0 spiro atoms. The van der Waals surface area contributed by atoms with Crippen LogP contribution in [0.5, 0.6) is 11.5 Å². The first-order chi connectivity index (χ1) is 20.7. The molecule has 0 amide bonds. The third-order valence-electron chi connectivity index (χ3n) is 6.24. The number of carbonyl (C=O) groups is 1. The number of ether oxygens (including phenoxy) is 1. The number of halogens is 2. The van der Waals surface area contributed by atoms with E-state index in [4.69, 9.17) is 36.3 Å². The van der Waals surface area contributed by atoms with Crippen LogP contribution in [0.15, 0.2) is 82.6 Å². The molecule has 0 aromatic heterocycles. The van der Waals surface area contributed by atoms with E-state index in [1.165, 1.54) is 18.2 Å². The average Bonchev–Trinajstić information content (AvgIpc) is 2.95. The van der Waals surface area contributed by atoms with Crippen LogP contribution < -0.4 is 4.74 Å². The molecule has 0 bridgehead atoms. The van der Waals surface area contributed by atoms with E-state index in [0.717, 1.165) is 6.07 Å². The highest BCUT2D eigenvalue weighted by Gasteiger charge is 2.28. The molecule has 0 atom stereocenters. The second kappa shape index (κ2) is 13.0. The molecule has 0 fully saturated rings. The van der Waals surface area contributed by atoms with E-state index in [-0.39, 0.29) is 50.5 Å².